The number of hydroxylamine groups is 2. The molecule has 0 saturated heterocycles. The van der Waals surface area contributed by atoms with Crippen molar-refractivity contribution in [3.8, 4) is 5.75 Å². The van der Waals surface area contributed by atoms with E-state index < -0.39 is 0 Å². The van der Waals surface area contributed by atoms with Gasteiger partial charge in [0, 0.05) is 23.7 Å². The van der Waals surface area contributed by atoms with Gasteiger partial charge in [0.1, 0.15) is 12.4 Å². The van der Waals surface area contributed by atoms with Crippen molar-refractivity contribution in [3.05, 3.63) is 63.7 Å². The van der Waals surface area contributed by atoms with Gasteiger partial charge in [0.25, 0.3) is 5.91 Å². The number of nitrogens with zero attached hydrogens (tertiary/aromatic N) is 1. The maximum Gasteiger partial charge on any atom is 0.259 e. The fraction of sp³-hybridized carbons (Fsp3) is 0.435. The SMILES string of the molecule is CCc1cccc(Cl)c1COc1ccc2c(c1)CCC(NCC(=O)N(C)OC)C2. The summed E-state index contributed by atoms with van der Waals surface area (Å²) in [6.45, 7) is 2.88. The maximum absolute atomic E-state index is 11.9. The van der Waals surface area contributed by atoms with Gasteiger partial charge in [-0.2, -0.15) is 0 Å². The van der Waals surface area contributed by atoms with Crippen LogP contribution in [0.5, 0.6) is 5.75 Å². The van der Waals surface area contributed by atoms with E-state index in [2.05, 4.69) is 30.4 Å². The van der Waals surface area contributed by atoms with Crippen molar-refractivity contribution in [1.29, 1.82) is 0 Å². The van der Waals surface area contributed by atoms with E-state index in [0.717, 1.165) is 42.0 Å². The molecule has 0 heterocycles. The minimum atomic E-state index is -0.0759. The number of fused-ring (bicyclic) bond motifs is 1. The van der Waals surface area contributed by atoms with Crippen molar-refractivity contribution in [2.45, 2.75) is 45.3 Å². The van der Waals surface area contributed by atoms with Crippen LogP contribution in [-0.2, 0) is 35.5 Å². The number of rotatable bonds is 8. The number of ether oxygens (including phenoxy) is 1. The minimum absolute atomic E-state index is 0.0759. The van der Waals surface area contributed by atoms with E-state index >= 15 is 0 Å². The van der Waals surface area contributed by atoms with Crippen LogP contribution in [0.25, 0.3) is 0 Å². The molecule has 1 amide bonds. The predicted molar refractivity (Wildman–Crippen MR) is 115 cm³/mol. The van der Waals surface area contributed by atoms with Crippen LogP contribution in [0.1, 0.15) is 35.6 Å². The molecule has 0 bridgehead atoms. The summed E-state index contributed by atoms with van der Waals surface area (Å²) < 4.78 is 6.06. The summed E-state index contributed by atoms with van der Waals surface area (Å²) in [7, 11) is 3.11. The van der Waals surface area contributed by atoms with Gasteiger partial charge in [0.2, 0.25) is 0 Å². The second-order valence-electron chi connectivity index (χ2n) is 7.34. The van der Waals surface area contributed by atoms with Gasteiger partial charge >= 0.3 is 0 Å². The number of aryl methyl sites for hydroxylation is 2. The van der Waals surface area contributed by atoms with Crippen molar-refractivity contribution in [2.75, 3.05) is 20.7 Å². The third-order valence-corrected chi connectivity index (χ3v) is 5.91. The number of hydrogen-bond acceptors (Lipinski definition) is 4. The normalized spacial score (nSPS) is 15.7. The molecule has 1 aliphatic rings. The fourth-order valence-corrected chi connectivity index (χ4v) is 3.94. The number of halogens is 1. The lowest BCUT2D eigenvalue weighted by Gasteiger charge is -2.26. The van der Waals surface area contributed by atoms with E-state index in [0.29, 0.717) is 12.6 Å². The molecule has 3 rings (SSSR count). The van der Waals surface area contributed by atoms with Crippen LogP contribution >= 0.6 is 11.6 Å². The molecule has 1 unspecified atom stereocenters. The highest BCUT2D eigenvalue weighted by molar-refractivity contribution is 6.31. The Morgan fingerprint density at radius 1 is 1.28 bits per heavy atom. The van der Waals surface area contributed by atoms with Crippen molar-refractivity contribution in [2.24, 2.45) is 0 Å². The van der Waals surface area contributed by atoms with Crippen molar-refractivity contribution in [3.63, 3.8) is 0 Å². The van der Waals surface area contributed by atoms with Crippen molar-refractivity contribution in [1.82, 2.24) is 10.4 Å². The highest BCUT2D eigenvalue weighted by Crippen LogP contribution is 2.28. The molecule has 6 heteroatoms. The molecule has 0 aliphatic heterocycles. The monoisotopic (exact) mass is 416 g/mol. The lowest BCUT2D eigenvalue weighted by molar-refractivity contribution is -0.167. The summed E-state index contributed by atoms with van der Waals surface area (Å²) in [6, 6.07) is 12.6. The molecule has 5 nitrogen and oxygen atoms in total. The molecule has 1 N–H and O–H groups in total. The number of carbonyl (C=O) groups excluding carboxylic acids is 1. The molecule has 0 aromatic heterocycles. The Morgan fingerprint density at radius 2 is 2.10 bits per heavy atom. The van der Waals surface area contributed by atoms with Crippen molar-refractivity contribution >= 4 is 17.5 Å². The molecule has 2 aromatic rings. The lowest BCUT2D eigenvalue weighted by atomic mass is 9.88. The Hall–Kier alpha value is -2.08. The van der Waals surface area contributed by atoms with E-state index in [1.165, 1.54) is 28.9 Å². The first-order valence-electron chi connectivity index (χ1n) is 10.1. The highest BCUT2D eigenvalue weighted by atomic mass is 35.5. The maximum atomic E-state index is 11.9. The molecule has 1 atom stereocenters. The van der Waals surface area contributed by atoms with Crippen LogP contribution < -0.4 is 10.1 Å². The smallest absolute Gasteiger partial charge is 0.259 e. The molecule has 1 aliphatic carbocycles. The average Bonchev–Trinajstić information content (AvgIpc) is 2.75. The zero-order chi connectivity index (χ0) is 20.8. The number of likely N-dealkylation sites (N-methyl/N-ethyl adjacent to an activating group) is 1. The van der Waals surface area contributed by atoms with E-state index in [9.17, 15) is 4.79 Å². The molecule has 156 valence electrons. The van der Waals surface area contributed by atoms with Gasteiger partial charge in [0.15, 0.2) is 0 Å². The van der Waals surface area contributed by atoms with E-state index in [4.69, 9.17) is 21.2 Å². The summed E-state index contributed by atoms with van der Waals surface area (Å²) in [5, 5.41) is 5.34. The Bertz CT molecular complexity index is 856. The summed E-state index contributed by atoms with van der Waals surface area (Å²) in [5.41, 5.74) is 4.90. The number of benzene rings is 2. The first-order chi connectivity index (χ1) is 14.0. The molecule has 29 heavy (non-hydrogen) atoms. The first-order valence-corrected chi connectivity index (χ1v) is 10.4. The predicted octanol–water partition coefficient (Wildman–Crippen LogP) is 3.95. The molecule has 0 fully saturated rings. The van der Waals surface area contributed by atoms with E-state index in [1.807, 2.05) is 18.2 Å². The lowest BCUT2D eigenvalue weighted by Crippen LogP contribution is -2.42. The van der Waals surface area contributed by atoms with Crippen LogP contribution in [0.15, 0.2) is 36.4 Å². The number of carbonyl (C=O) groups is 1. The minimum Gasteiger partial charge on any atom is -0.489 e. The molecule has 0 radical (unpaired) electrons. The first kappa shape index (κ1) is 21.6. The van der Waals surface area contributed by atoms with Crippen LogP contribution in [0.2, 0.25) is 5.02 Å². The topological polar surface area (TPSA) is 50.8 Å². The second-order valence-corrected chi connectivity index (χ2v) is 7.75. The number of amides is 1. The van der Waals surface area contributed by atoms with Gasteiger partial charge in [-0.1, -0.05) is 36.7 Å². The van der Waals surface area contributed by atoms with E-state index in [1.54, 1.807) is 7.05 Å². The summed E-state index contributed by atoms with van der Waals surface area (Å²) >= 11 is 6.36. The molecular weight excluding hydrogens is 388 g/mol. The average molecular weight is 417 g/mol. The Morgan fingerprint density at radius 3 is 2.86 bits per heavy atom. The molecule has 0 saturated carbocycles. The Labute approximate surface area is 177 Å². The third kappa shape index (κ3) is 5.50. The van der Waals surface area contributed by atoms with Gasteiger partial charge in [0.05, 0.1) is 13.7 Å². The van der Waals surface area contributed by atoms with Gasteiger partial charge in [-0.05, 0) is 60.6 Å². The fourth-order valence-electron chi connectivity index (χ4n) is 3.69. The Kier molecular flexibility index (Phi) is 7.53. The van der Waals surface area contributed by atoms with E-state index in [-0.39, 0.29) is 12.5 Å². The van der Waals surface area contributed by atoms with Gasteiger partial charge in [-0.15, -0.1) is 0 Å². The number of hydrogen-bond donors (Lipinski definition) is 1. The summed E-state index contributed by atoms with van der Waals surface area (Å²) in [5.74, 6) is 0.794. The highest BCUT2D eigenvalue weighted by Gasteiger charge is 2.20. The van der Waals surface area contributed by atoms with Crippen LogP contribution in [0, 0.1) is 0 Å². The second kappa shape index (κ2) is 10.1. The van der Waals surface area contributed by atoms with Gasteiger partial charge in [-0.3, -0.25) is 9.63 Å². The quantitative estimate of drug-likeness (QED) is 0.662. The molecule has 2 aromatic carbocycles. The zero-order valence-electron chi connectivity index (χ0n) is 17.3. The molecular formula is C23H29ClN2O3. The Balaban J connectivity index is 1.58. The summed E-state index contributed by atoms with van der Waals surface area (Å²) in [6.07, 6.45) is 3.79. The largest absolute Gasteiger partial charge is 0.489 e. The zero-order valence-corrected chi connectivity index (χ0v) is 18.1. The summed E-state index contributed by atoms with van der Waals surface area (Å²) in [4.78, 5) is 16.8. The van der Waals surface area contributed by atoms with Crippen LogP contribution in [-0.4, -0.2) is 37.7 Å². The standard InChI is InChI=1S/C23H29ClN2O3/c1-4-16-6-5-7-22(24)21(16)15-29-20-11-9-17-12-19(10-8-18(17)13-20)25-14-23(27)26(2)28-3/h5-7,9,11,13,19,25H,4,8,10,12,14-15H2,1-3H3. The van der Waals surface area contributed by atoms with Crippen LogP contribution in [0.3, 0.4) is 0 Å². The third-order valence-electron chi connectivity index (χ3n) is 5.55. The van der Waals surface area contributed by atoms with Gasteiger partial charge in [-0.25, -0.2) is 5.06 Å². The molecule has 0 spiro atoms. The number of nitrogens with one attached hydrogen (secondary N) is 1. The van der Waals surface area contributed by atoms with Crippen LogP contribution in [0.4, 0.5) is 0 Å². The van der Waals surface area contributed by atoms with Crippen molar-refractivity contribution < 1.29 is 14.4 Å². The van der Waals surface area contributed by atoms with Gasteiger partial charge < -0.3 is 10.1 Å².